The quantitative estimate of drug-likeness (QED) is 0.436. The van der Waals surface area contributed by atoms with E-state index in [1.807, 2.05) is 13.8 Å². The van der Waals surface area contributed by atoms with E-state index < -0.39 is 0 Å². The third kappa shape index (κ3) is 5.23. The third-order valence-corrected chi connectivity index (χ3v) is 3.45. The van der Waals surface area contributed by atoms with Crippen molar-refractivity contribution in [1.82, 2.24) is 10.5 Å². The Morgan fingerprint density at radius 2 is 2.10 bits per heavy atom. The highest BCUT2D eigenvalue weighted by Crippen LogP contribution is 2.22. The Hall–Kier alpha value is -1.52. The average Bonchev–Trinajstić information content (AvgIpc) is 2.75. The molecule has 20 heavy (non-hydrogen) atoms. The second-order valence-electron chi connectivity index (χ2n) is 5.35. The van der Waals surface area contributed by atoms with Crippen LogP contribution in [0.3, 0.4) is 0 Å². The predicted molar refractivity (Wildman–Crippen MR) is 83.0 cm³/mol. The van der Waals surface area contributed by atoms with E-state index in [2.05, 4.69) is 29.3 Å². The summed E-state index contributed by atoms with van der Waals surface area (Å²) in [5, 5.41) is 7.13. The zero-order chi connectivity index (χ0) is 15.0. The number of nitrogens with one attached hydrogen (secondary N) is 1. The lowest BCUT2D eigenvalue weighted by Gasteiger charge is -2.10. The molecule has 0 aliphatic carbocycles. The Labute approximate surface area is 122 Å². The highest BCUT2D eigenvalue weighted by Gasteiger charge is 2.15. The molecule has 0 bridgehead atoms. The van der Waals surface area contributed by atoms with Crippen molar-refractivity contribution in [3.63, 3.8) is 0 Å². The fourth-order valence-electron chi connectivity index (χ4n) is 2.34. The molecular weight excluding hydrogens is 252 g/mol. The first-order valence-electron chi connectivity index (χ1n) is 7.52. The minimum absolute atomic E-state index is 0.265. The molecule has 114 valence electrons. The first-order valence-corrected chi connectivity index (χ1v) is 7.52. The van der Waals surface area contributed by atoms with Gasteiger partial charge in [0.1, 0.15) is 5.76 Å². The van der Waals surface area contributed by atoms with Gasteiger partial charge in [0, 0.05) is 24.6 Å². The first kappa shape index (κ1) is 16.5. The summed E-state index contributed by atoms with van der Waals surface area (Å²) in [6.07, 6.45) is 4.91. The molecule has 1 atom stereocenters. The van der Waals surface area contributed by atoms with Gasteiger partial charge >= 0.3 is 0 Å². The van der Waals surface area contributed by atoms with Gasteiger partial charge in [0.15, 0.2) is 5.96 Å². The van der Waals surface area contributed by atoms with Crippen molar-refractivity contribution in [3.05, 3.63) is 17.0 Å². The molecule has 1 aromatic heterocycles. The van der Waals surface area contributed by atoms with Crippen LogP contribution in [0.5, 0.6) is 0 Å². The van der Waals surface area contributed by atoms with Crippen LogP contribution < -0.4 is 11.1 Å². The zero-order valence-corrected chi connectivity index (χ0v) is 13.2. The van der Waals surface area contributed by atoms with E-state index >= 15 is 0 Å². The summed E-state index contributed by atoms with van der Waals surface area (Å²) in [6.45, 7) is 9.77. The number of nitrogens with two attached hydrogens (primary N) is 1. The SMILES string of the molecule is CCCCCCNC(N)=NCC(C)c1c(C)noc1C. The van der Waals surface area contributed by atoms with E-state index in [0.717, 1.165) is 30.0 Å². The maximum Gasteiger partial charge on any atom is 0.188 e. The molecule has 1 aromatic rings. The number of hydrogen-bond donors (Lipinski definition) is 2. The minimum atomic E-state index is 0.265. The summed E-state index contributed by atoms with van der Waals surface area (Å²) in [4.78, 5) is 4.39. The number of aromatic nitrogens is 1. The topological polar surface area (TPSA) is 76.4 Å². The van der Waals surface area contributed by atoms with E-state index in [-0.39, 0.29) is 5.92 Å². The van der Waals surface area contributed by atoms with Crippen LogP contribution in [0.15, 0.2) is 9.52 Å². The molecule has 0 aromatic carbocycles. The van der Waals surface area contributed by atoms with Crippen LogP contribution in [0, 0.1) is 13.8 Å². The van der Waals surface area contributed by atoms with Gasteiger partial charge in [-0.2, -0.15) is 0 Å². The van der Waals surface area contributed by atoms with Gasteiger partial charge in [-0.15, -0.1) is 0 Å². The molecule has 0 spiro atoms. The van der Waals surface area contributed by atoms with Crippen molar-refractivity contribution < 1.29 is 4.52 Å². The van der Waals surface area contributed by atoms with Crippen molar-refractivity contribution in [1.29, 1.82) is 0 Å². The van der Waals surface area contributed by atoms with Crippen LogP contribution in [0.4, 0.5) is 0 Å². The lowest BCUT2D eigenvalue weighted by Crippen LogP contribution is -2.32. The third-order valence-electron chi connectivity index (χ3n) is 3.45. The van der Waals surface area contributed by atoms with Gasteiger partial charge in [0.25, 0.3) is 0 Å². The van der Waals surface area contributed by atoms with Gasteiger partial charge in [-0.1, -0.05) is 38.3 Å². The molecule has 1 rings (SSSR count). The van der Waals surface area contributed by atoms with Gasteiger partial charge in [-0.05, 0) is 20.3 Å². The minimum Gasteiger partial charge on any atom is -0.370 e. The molecule has 1 heterocycles. The summed E-state index contributed by atoms with van der Waals surface area (Å²) in [6, 6.07) is 0. The van der Waals surface area contributed by atoms with Crippen LogP contribution in [0.2, 0.25) is 0 Å². The first-order chi connectivity index (χ1) is 9.56. The summed E-state index contributed by atoms with van der Waals surface area (Å²) in [7, 11) is 0. The zero-order valence-electron chi connectivity index (χ0n) is 13.2. The molecule has 0 aliphatic rings. The van der Waals surface area contributed by atoms with Gasteiger partial charge in [-0.3, -0.25) is 4.99 Å². The van der Waals surface area contributed by atoms with Crippen molar-refractivity contribution >= 4 is 5.96 Å². The molecule has 0 saturated carbocycles. The maximum absolute atomic E-state index is 5.87. The smallest absolute Gasteiger partial charge is 0.188 e. The Kier molecular flexibility index (Phi) is 7.12. The van der Waals surface area contributed by atoms with E-state index in [0.29, 0.717) is 12.5 Å². The summed E-state index contributed by atoms with van der Waals surface area (Å²) < 4.78 is 5.18. The van der Waals surface area contributed by atoms with Crippen LogP contribution in [0.25, 0.3) is 0 Å². The highest BCUT2D eigenvalue weighted by atomic mass is 16.5. The van der Waals surface area contributed by atoms with E-state index in [1.54, 1.807) is 0 Å². The maximum atomic E-state index is 5.87. The summed E-state index contributed by atoms with van der Waals surface area (Å²) >= 11 is 0. The lowest BCUT2D eigenvalue weighted by atomic mass is 10.00. The number of nitrogens with zero attached hydrogens (tertiary/aromatic N) is 2. The molecule has 5 heteroatoms. The molecule has 0 aliphatic heterocycles. The Morgan fingerprint density at radius 3 is 2.70 bits per heavy atom. The van der Waals surface area contributed by atoms with E-state index in [4.69, 9.17) is 10.3 Å². The van der Waals surface area contributed by atoms with Crippen LogP contribution >= 0.6 is 0 Å². The van der Waals surface area contributed by atoms with E-state index in [1.165, 1.54) is 19.3 Å². The molecule has 0 amide bonds. The lowest BCUT2D eigenvalue weighted by molar-refractivity contribution is 0.391. The van der Waals surface area contributed by atoms with E-state index in [9.17, 15) is 0 Å². The number of hydrogen-bond acceptors (Lipinski definition) is 3. The van der Waals surface area contributed by atoms with Gasteiger partial charge < -0.3 is 15.6 Å². The number of guanidine groups is 1. The van der Waals surface area contributed by atoms with Crippen LogP contribution in [-0.2, 0) is 0 Å². The standard InChI is InChI=1S/C15H28N4O/c1-5-6-7-8-9-17-15(16)18-10-11(2)14-12(3)19-20-13(14)4/h11H,5-10H2,1-4H3,(H3,16,17,18). The Morgan fingerprint density at radius 1 is 1.35 bits per heavy atom. The largest absolute Gasteiger partial charge is 0.370 e. The molecule has 3 N–H and O–H groups in total. The van der Waals surface area contributed by atoms with Crippen molar-refractivity contribution in [3.8, 4) is 0 Å². The van der Waals surface area contributed by atoms with Gasteiger partial charge in [-0.25, -0.2) is 0 Å². The van der Waals surface area contributed by atoms with Crippen molar-refractivity contribution in [2.45, 2.75) is 59.3 Å². The van der Waals surface area contributed by atoms with Gasteiger partial charge in [0.05, 0.1) is 5.69 Å². The Balaban J connectivity index is 2.35. The average molecular weight is 280 g/mol. The number of aryl methyl sites for hydroxylation is 2. The van der Waals surface area contributed by atoms with Crippen LogP contribution in [-0.4, -0.2) is 24.2 Å². The molecule has 1 unspecified atom stereocenters. The highest BCUT2D eigenvalue weighted by molar-refractivity contribution is 5.77. The molecule has 0 radical (unpaired) electrons. The van der Waals surface area contributed by atoms with Crippen molar-refractivity contribution in [2.75, 3.05) is 13.1 Å². The summed E-state index contributed by atoms with van der Waals surface area (Å²) in [5.74, 6) is 1.66. The summed E-state index contributed by atoms with van der Waals surface area (Å²) in [5.41, 5.74) is 7.95. The Bertz CT molecular complexity index is 406. The molecule has 5 nitrogen and oxygen atoms in total. The normalized spacial score (nSPS) is 13.5. The fourth-order valence-corrected chi connectivity index (χ4v) is 2.34. The number of aliphatic imine (C=N–C) groups is 1. The van der Waals surface area contributed by atoms with Gasteiger partial charge in [0.2, 0.25) is 0 Å². The second-order valence-corrected chi connectivity index (χ2v) is 5.35. The van der Waals surface area contributed by atoms with Crippen molar-refractivity contribution in [2.24, 2.45) is 10.7 Å². The monoisotopic (exact) mass is 280 g/mol. The predicted octanol–water partition coefficient (Wildman–Crippen LogP) is 2.88. The number of rotatable bonds is 8. The second kappa shape index (κ2) is 8.61. The molecule has 0 fully saturated rings. The molecular formula is C15H28N4O. The fraction of sp³-hybridized carbons (Fsp3) is 0.733. The van der Waals surface area contributed by atoms with Crippen LogP contribution in [0.1, 0.15) is 62.5 Å². The number of unbranched alkanes of at least 4 members (excludes halogenated alkanes) is 3. The molecule has 0 saturated heterocycles.